The number of anilines is 1. The fourth-order valence-electron chi connectivity index (χ4n) is 4.95. The van der Waals surface area contributed by atoms with E-state index in [-0.39, 0.29) is 18.3 Å². The number of aryl methyl sites for hydroxylation is 2. The van der Waals surface area contributed by atoms with Crippen molar-refractivity contribution in [3.8, 4) is 22.8 Å². The summed E-state index contributed by atoms with van der Waals surface area (Å²) in [5.74, 6) is 0.826. The molecule has 0 fully saturated rings. The molecule has 0 spiro atoms. The van der Waals surface area contributed by atoms with Gasteiger partial charge >= 0.3 is 12.2 Å². The van der Waals surface area contributed by atoms with E-state index in [1.807, 2.05) is 46.1 Å². The summed E-state index contributed by atoms with van der Waals surface area (Å²) in [6.07, 6.45) is -3.07. The number of pyridine rings is 1. The number of urea groups is 1. The van der Waals surface area contributed by atoms with Gasteiger partial charge in [-0.05, 0) is 106 Å². The number of nitrogens with one attached hydrogen (secondary N) is 2. The molecule has 8 nitrogen and oxygen atoms in total. The average molecular weight is 632 g/mol. The molecule has 0 aliphatic heterocycles. The minimum atomic E-state index is -4.89. The van der Waals surface area contributed by atoms with Crippen molar-refractivity contribution in [2.45, 2.75) is 39.4 Å². The molecule has 0 aliphatic carbocycles. The van der Waals surface area contributed by atoms with Crippen molar-refractivity contribution >= 4 is 17.4 Å². The van der Waals surface area contributed by atoms with E-state index in [9.17, 15) is 22.8 Å². The number of halogens is 3. The van der Waals surface area contributed by atoms with E-state index >= 15 is 0 Å². The lowest BCUT2D eigenvalue weighted by Gasteiger charge is -2.19. The normalized spacial score (nSPS) is 11.3. The average Bonchev–Trinajstić information content (AvgIpc) is 2.99. The molecular weight excluding hydrogens is 595 g/mol. The number of aromatic nitrogens is 1. The first-order chi connectivity index (χ1) is 21.8. The van der Waals surface area contributed by atoms with Crippen molar-refractivity contribution in [1.82, 2.24) is 14.8 Å². The third kappa shape index (κ3) is 8.76. The lowest BCUT2D eigenvalue weighted by Crippen LogP contribution is -2.29. The van der Waals surface area contributed by atoms with Crippen LogP contribution in [0, 0.1) is 20.4 Å². The number of benzene rings is 3. The van der Waals surface area contributed by atoms with Crippen LogP contribution in [0.3, 0.4) is 0 Å². The molecule has 3 aromatic carbocycles. The second-order valence-corrected chi connectivity index (χ2v) is 11.3. The summed E-state index contributed by atoms with van der Waals surface area (Å²) in [5, 5.41) is 5.60. The van der Waals surface area contributed by atoms with E-state index < -0.39 is 23.0 Å². The molecule has 240 valence electrons. The third-order valence-electron chi connectivity index (χ3n) is 7.31. The summed E-state index contributed by atoms with van der Waals surface area (Å²) in [7, 11) is 4.00. The number of hydrogen-bond acceptors (Lipinski definition) is 4. The van der Waals surface area contributed by atoms with Gasteiger partial charge in [-0.2, -0.15) is 13.2 Å². The summed E-state index contributed by atoms with van der Waals surface area (Å²) >= 11 is 0. The molecule has 1 heterocycles. The number of alkyl halides is 3. The Kier molecular flexibility index (Phi) is 10.9. The molecule has 4 aromatic rings. The lowest BCUT2D eigenvalue weighted by molar-refractivity contribution is -0.136. The number of ether oxygens (including phenoxy) is 1. The zero-order valence-corrected chi connectivity index (χ0v) is 26.2. The Morgan fingerprint density at radius 2 is 1.72 bits per heavy atom. The third-order valence-corrected chi connectivity index (χ3v) is 7.31. The number of hydrogen-bond donors (Lipinski definition) is 2. The molecule has 0 aliphatic rings. The Labute approximate surface area is 266 Å². The number of carbonyl (C=O) groups excluding carboxylic acids is 1. The van der Waals surface area contributed by atoms with Crippen LogP contribution in [0.1, 0.15) is 35.1 Å². The molecule has 0 unspecified atom stereocenters. The summed E-state index contributed by atoms with van der Waals surface area (Å²) < 4.78 is 49.1. The van der Waals surface area contributed by atoms with Crippen LogP contribution in [0.4, 0.5) is 29.3 Å². The Hall–Kier alpha value is -5.08. The molecule has 2 N–H and O–H groups in total. The van der Waals surface area contributed by atoms with E-state index in [4.69, 9.17) is 11.3 Å². The standard InChI is InChI=1S/C35H36F3N5O3/c1-23-11-12-26(24(2)19-23)22-43-31(21-30(35(36,37)38)32(39-3)33(43)44)25-13-15-28(16-14-25)46-29-10-8-9-27(20-29)41-34(45)40-17-6-7-18-42(4)5/h8-16,19-21H,6-7,17-18,22H2,1-2,4-5H3,(H2,40,41,45). The van der Waals surface area contributed by atoms with Gasteiger partial charge in [0.1, 0.15) is 11.5 Å². The molecular formula is C35H36F3N5O3. The maximum Gasteiger partial charge on any atom is 0.407 e. The molecule has 1 aromatic heterocycles. The second-order valence-electron chi connectivity index (χ2n) is 11.3. The first-order valence-electron chi connectivity index (χ1n) is 14.7. The number of unbranched alkanes of at least 4 members (excludes halogenated alkanes) is 1. The van der Waals surface area contributed by atoms with Crippen LogP contribution in [0.25, 0.3) is 16.1 Å². The van der Waals surface area contributed by atoms with Gasteiger partial charge in [-0.15, -0.1) is 0 Å². The number of rotatable bonds is 11. The maximum absolute atomic E-state index is 14.0. The van der Waals surface area contributed by atoms with Gasteiger partial charge < -0.3 is 24.8 Å². The Balaban J connectivity index is 1.56. The largest absolute Gasteiger partial charge is 0.457 e. The van der Waals surface area contributed by atoms with Crippen molar-refractivity contribution in [1.29, 1.82) is 0 Å². The van der Waals surface area contributed by atoms with Crippen LogP contribution in [-0.2, 0) is 12.7 Å². The number of carbonyl (C=O) groups is 1. The molecule has 2 amide bonds. The first kappa shape index (κ1) is 33.8. The van der Waals surface area contributed by atoms with Crippen molar-refractivity contribution in [2.75, 3.05) is 32.5 Å². The first-order valence-corrected chi connectivity index (χ1v) is 14.7. The number of nitrogens with zero attached hydrogens (tertiary/aromatic N) is 3. The van der Waals surface area contributed by atoms with E-state index in [1.54, 1.807) is 48.5 Å². The maximum atomic E-state index is 14.0. The molecule has 0 bridgehead atoms. The zero-order valence-electron chi connectivity index (χ0n) is 26.2. The van der Waals surface area contributed by atoms with Crippen LogP contribution < -0.4 is 20.9 Å². The summed E-state index contributed by atoms with van der Waals surface area (Å²) in [6.45, 7) is 12.6. The molecule has 46 heavy (non-hydrogen) atoms. The van der Waals surface area contributed by atoms with Gasteiger partial charge in [-0.3, -0.25) is 4.79 Å². The predicted molar refractivity (Wildman–Crippen MR) is 174 cm³/mol. The van der Waals surface area contributed by atoms with Gasteiger partial charge in [0.25, 0.3) is 11.2 Å². The minimum Gasteiger partial charge on any atom is -0.457 e. The van der Waals surface area contributed by atoms with E-state index in [1.165, 1.54) is 4.57 Å². The van der Waals surface area contributed by atoms with Crippen LogP contribution in [0.5, 0.6) is 11.5 Å². The Morgan fingerprint density at radius 3 is 2.37 bits per heavy atom. The highest BCUT2D eigenvalue weighted by Gasteiger charge is 2.36. The minimum absolute atomic E-state index is 0.0113. The fourth-order valence-corrected chi connectivity index (χ4v) is 4.95. The smallest absolute Gasteiger partial charge is 0.407 e. The van der Waals surface area contributed by atoms with Gasteiger partial charge in [0, 0.05) is 24.0 Å². The molecule has 4 rings (SSSR count). The highest BCUT2D eigenvalue weighted by Crippen LogP contribution is 2.38. The summed E-state index contributed by atoms with van der Waals surface area (Å²) in [6, 6.07) is 19.2. The van der Waals surface area contributed by atoms with Gasteiger partial charge in [0.15, 0.2) is 0 Å². The van der Waals surface area contributed by atoms with Crippen molar-refractivity contribution in [3.63, 3.8) is 0 Å². The lowest BCUT2D eigenvalue weighted by atomic mass is 10.0. The zero-order chi connectivity index (χ0) is 33.4. The Morgan fingerprint density at radius 1 is 0.978 bits per heavy atom. The van der Waals surface area contributed by atoms with E-state index in [0.29, 0.717) is 29.3 Å². The van der Waals surface area contributed by atoms with Gasteiger partial charge in [0.05, 0.1) is 18.7 Å². The Bertz CT molecular complexity index is 1790. The van der Waals surface area contributed by atoms with Crippen molar-refractivity contribution in [3.05, 3.63) is 117 Å². The topological polar surface area (TPSA) is 80.0 Å². The SMILES string of the molecule is [C-]#[N+]c1c(C(F)(F)F)cc(-c2ccc(Oc3cccc(NC(=O)NCCCCN(C)C)c3)cc2)n(Cc2ccc(C)cc2C)c1=O. The quantitative estimate of drug-likeness (QED) is 0.130. The van der Waals surface area contributed by atoms with Gasteiger partial charge in [0.2, 0.25) is 0 Å². The van der Waals surface area contributed by atoms with E-state index in [0.717, 1.165) is 42.1 Å². The highest BCUT2D eigenvalue weighted by atomic mass is 19.4. The van der Waals surface area contributed by atoms with Crippen molar-refractivity contribution in [2.24, 2.45) is 0 Å². The van der Waals surface area contributed by atoms with Crippen LogP contribution >= 0.6 is 0 Å². The van der Waals surface area contributed by atoms with Crippen LogP contribution in [0.2, 0.25) is 0 Å². The number of amides is 2. The highest BCUT2D eigenvalue weighted by molar-refractivity contribution is 5.89. The molecule has 0 saturated heterocycles. The fraction of sp³-hybridized carbons (Fsp3) is 0.286. The predicted octanol–water partition coefficient (Wildman–Crippen LogP) is 8.01. The summed E-state index contributed by atoms with van der Waals surface area (Å²) in [4.78, 5) is 30.7. The van der Waals surface area contributed by atoms with Crippen LogP contribution in [-0.4, -0.2) is 42.7 Å². The van der Waals surface area contributed by atoms with Crippen LogP contribution in [0.15, 0.2) is 77.6 Å². The summed E-state index contributed by atoms with van der Waals surface area (Å²) in [5.41, 5.74) is 0.265. The molecule has 11 heteroatoms. The van der Waals surface area contributed by atoms with Gasteiger partial charge in [-0.25, -0.2) is 9.64 Å². The van der Waals surface area contributed by atoms with E-state index in [2.05, 4.69) is 20.4 Å². The molecule has 0 saturated carbocycles. The van der Waals surface area contributed by atoms with Crippen molar-refractivity contribution < 1.29 is 22.7 Å². The molecule has 0 radical (unpaired) electrons. The molecule has 0 atom stereocenters. The second kappa shape index (κ2) is 14.8. The van der Waals surface area contributed by atoms with Gasteiger partial charge in [-0.1, -0.05) is 29.8 Å². The monoisotopic (exact) mass is 631 g/mol.